The van der Waals surface area contributed by atoms with Crippen molar-refractivity contribution in [3.63, 3.8) is 0 Å². The van der Waals surface area contributed by atoms with Crippen LogP contribution in [0, 0.1) is 0 Å². The number of likely N-dealkylation sites (tertiary alicyclic amines) is 1. The fourth-order valence-electron chi connectivity index (χ4n) is 1.95. The Morgan fingerprint density at radius 3 is 2.87 bits per heavy atom. The van der Waals surface area contributed by atoms with Gasteiger partial charge in [-0.05, 0) is 37.6 Å². The van der Waals surface area contributed by atoms with Gasteiger partial charge in [-0.2, -0.15) is 0 Å². The average Bonchev–Trinajstić information content (AvgIpc) is 2.32. The van der Waals surface area contributed by atoms with Gasteiger partial charge < -0.3 is 0 Å². The Kier molecular flexibility index (Phi) is 3.92. The van der Waals surface area contributed by atoms with E-state index in [-0.39, 0.29) is 0 Å². The highest BCUT2D eigenvalue weighted by molar-refractivity contribution is 5.47. The van der Waals surface area contributed by atoms with E-state index in [1.807, 2.05) is 18.5 Å². The zero-order valence-corrected chi connectivity index (χ0v) is 9.10. The van der Waals surface area contributed by atoms with Crippen molar-refractivity contribution in [3.8, 4) is 0 Å². The number of hydrogen-bond donors (Lipinski definition) is 0. The molecule has 2 heterocycles. The highest BCUT2D eigenvalue weighted by atomic mass is 15.1. The molecule has 0 N–H and O–H groups in total. The van der Waals surface area contributed by atoms with Crippen LogP contribution in [0.5, 0.6) is 0 Å². The van der Waals surface area contributed by atoms with E-state index in [1.54, 1.807) is 0 Å². The van der Waals surface area contributed by atoms with Crippen LogP contribution in [0.2, 0.25) is 0 Å². The van der Waals surface area contributed by atoms with Crippen molar-refractivity contribution in [1.82, 2.24) is 9.88 Å². The Morgan fingerprint density at radius 1 is 1.27 bits per heavy atom. The van der Waals surface area contributed by atoms with Gasteiger partial charge in [-0.25, -0.2) is 0 Å². The molecule has 0 bridgehead atoms. The van der Waals surface area contributed by atoms with Crippen molar-refractivity contribution < 1.29 is 0 Å². The summed E-state index contributed by atoms with van der Waals surface area (Å²) < 4.78 is 0. The maximum Gasteiger partial charge on any atom is 0.0340 e. The smallest absolute Gasteiger partial charge is 0.0340 e. The van der Waals surface area contributed by atoms with E-state index >= 15 is 0 Å². The molecule has 1 aromatic rings. The van der Waals surface area contributed by atoms with Gasteiger partial charge in [-0.3, -0.25) is 9.88 Å². The van der Waals surface area contributed by atoms with Gasteiger partial charge in [0.05, 0.1) is 0 Å². The molecular weight excluding hydrogens is 184 g/mol. The Labute approximate surface area is 91.6 Å². The highest BCUT2D eigenvalue weighted by Crippen LogP contribution is 2.08. The molecule has 1 aromatic heterocycles. The van der Waals surface area contributed by atoms with E-state index in [9.17, 15) is 0 Å². The molecule has 0 aliphatic carbocycles. The molecule has 0 saturated carbocycles. The number of piperidine rings is 1. The van der Waals surface area contributed by atoms with E-state index in [4.69, 9.17) is 0 Å². The Bertz CT molecular complexity index is 300. The molecule has 0 amide bonds. The summed E-state index contributed by atoms with van der Waals surface area (Å²) in [5.41, 5.74) is 1.19. The van der Waals surface area contributed by atoms with Crippen LogP contribution >= 0.6 is 0 Å². The Hall–Kier alpha value is -1.15. The van der Waals surface area contributed by atoms with Gasteiger partial charge in [0.15, 0.2) is 0 Å². The summed E-state index contributed by atoms with van der Waals surface area (Å²) in [6.45, 7) is 3.60. The molecule has 0 unspecified atom stereocenters. The largest absolute Gasteiger partial charge is 0.300 e. The lowest BCUT2D eigenvalue weighted by Crippen LogP contribution is -2.29. The number of pyridine rings is 1. The minimum absolute atomic E-state index is 1.08. The fraction of sp³-hybridized carbons (Fsp3) is 0.462. The van der Waals surface area contributed by atoms with E-state index in [0.717, 1.165) is 6.54 Å². The zero-order chi connectivity index (χ0) is 10.3. The summed E-state index contributed by atoms with van der Waals surface area (Å²) in [7, 11) is 0. The normalized spacial score (nSPS) is 18.4. The molecule has 80 valence electrons. The van der Waals surface area contributed by atoms with E-state index in [1.165, 1.54) is 37.9 Å². The van der Waals surface area contributed by atoms with Crippen LogP contribution in [-0.2, 0) is 0 Å². The lowest BCUT2D eigenvalue weighted by molar-refractivity contribution is 0.252. The first-order valence-corrected chi connectivity index (χ1v) is 5.74. The maximum absolute atomic E-state index is 4.09. The monoisotopic (exact) mass is 202 g/mol. The van der Waals surface area contributed by atoms with Crippen molar-refractivity contribution in [2.75, 3.05) is 19.6 Å². The lowest BCUT2D eigenvalue weighted by atomic mass is 10.1. The molecule has 0 aromatic carbocycles. The first kappa shape index (κ1) is 10.4. The zero-order valence-electron chi connectivity index (χ0n) is 9.10. The second-order valence-corrected chi connectivity index (χ2v) is 4.05. The van der Waals surface area contributed by atoms with Crippen molar-refractivity contribution in [1.29, 1.82) is 0 Å². The molecule has 1 aliphatic rings. The topological polar surface area (TPSA) is 16.1 Å². The van der Waals surface area contributed by atoms with Gasteiger partial charge in [-0.15, -0.1) is 0 Å². The van der Waals surface area contributed by atoms with Gasteiger partial charge in [0.1, 0.15) is 0 Å². The first-order chi connectivity index (χ1) is 7.45. The fourth-order valence-corrected chi connectivity index (χ4v) is 1.95. The minimum atomic E-state index is 1.08. The standard InChI is InChI=1S/C13H18N2/c1-2-9-15(10-3-1)11-5-7-13-6-4-8-14-12-13/h4-8,12H,1-3,9-11H2/b7-5+. The van der Waals surface area contributed by atoms with Gasteiger partial charge in [0.25, 0.3) is 0 Å². The molecule has 0 spiro atoms. The summed E-state index contributed by atoms with van der Waals surface area (Å²) in [5, 5.41) is 0. The van der Waals surface area contributed by atoms with Gasteiger partial charge in [0, 0.05) is 18.9 Å². The molecule has 2 rings (SSSR count). The van der Waals surface area contributed by atoms with Gasteiger partial charge >= 0.3 is 0 Å². The molecule has 15 heavy (non-hydrogen) atoms. The third kappa shape index (κ3) is 3.48. The molecule has 0 atom stereocenters. The predicted molar refractivity (Wildman–Crippen MR) is 63.6 cm³/mol. The van der Waals surface area contributed by atoms with Crippen LogP contribution in [0.4, 0.5) is 0 Å². The number of aromatic nitrogens is 1. The van der Waals surface area contributed by atoms with E-state index < -0.39 is 0 Å². The van der Waals surface area contributed by atoms with Crippen LogP contribution in [0.15, 0.2) is 30.6 Å². The number of rotatable bonds is 3. The summed E-state index contributed by atoms with van der Waals surface area (Å²) >= 11 is 0. The molecular formula is C13H18N2. The van der Waals surface area contributed by atoms with Crippen molar-refractivity contribution >= 4 is 6.08 Å². The van der Waals surface area contributed by atoms with Gasteiger partial charge in [0.2, 0.25) is 0 Å². The molecule has 2 nitrogen and oxygen atoms in total. The van der Waals surface area contributed by atoms with Crippen molar-refractivity contribution in [2.45, 2.75) is 19.3 Å². The van der Waals surface area contributed by atoms with Crippen LogP contribution in [0.1, 0.15) is 24.8 Å². The third-order valence-electron chi connectivity index (χ3n) is 2.81. The lowest BCUT2D eigenvalue weighted by Gasteiger charge is -2.24. The van der Waals surface area contributed by atoms with E-state index in [2.05, 4.69) is 28.1 Å². The molecule has 0 radical (unpaired) electrons. The summed E-state index contributed by atoms with van der Waals surface area (Å²) in [4.78, 5) is 6.60. The Morgan fingerprint density at radius 2 is 2.13 bits per heavy atom. The molecule has 2 heteroatoms. The van der Waals surface area contributed by atoms with Crippen LogP contribution in [-0.4, -0.2) is 29.5 Å². The average molecular weight is 202 g/mol. The molecule has 1 saturated heterocycles. The molecule has 1 aliphatic heterocycles. The number of nitrogens with zero attached hydrogens (tertiary/aromatic N) is 2. The van der Waals surface area contributed by atoms with Crippen LogP contribution < -0.4 is 0 Å². The molecule has 1 fully saturated rings. The minimum Gasteiger partial charge on any atom is -0.300 e. The van der Waals surface area contributed by atoms with Gasteiger partial charge in [-0.1, -0.05) is 24.6 Å². The second kappa shape index (κ2) is 5.66. The predicted octanol–water partition coefficient (Wildman–Crippen LogP) is 2.58. The summed E-state index contributed by atoms with van der Waals surface area (Å²) in [5.74, 6) is 0. The van der Waals surface area contributed by atoms with Crippen LogP contribution in [0.3, 0.4) is 0 Å². The first-order valence-electron chi connectivity index (χ1n) is 5.74. The SMILES string of the molecule is C(=C\c1cccnc1)/CN1CCCCC1. The van der Waals surface area contributed by atoms with Crippen LogP contribution in [0.25, 0.3) is 6.08 Å². The third-order valence-corrected chi connectivity index (χ3v) is 2.81. The highest BCUT2D eigenvalue weighted by Gasteiger charge is 2.07. The number of hydrogen-bond acceptors (Lipinski definition) is 2. The van der Waals surface area contributed by atoms with Crippen molar-refractivity contribution in [3.05, 3.63) is 36.2 Å². The summed E-state index contributed by atoms with van der Waals surface area (Å²) in [6, 6.07) is 4.06. The van der Waals surface area contributed by atoms with Crippen molar-refractivity contribution in [2.24, 2.45) is 0 Å². The summed E-state index contributed by atoms with van der Waals surface area (Å²) in [6.07, 6.45) is 12.2. The maximum atomic E-state index is 4.09. The Balaban J connectivity index is 1.79. The second-order valence-electron chi connectivity index (χ2n) is 4.05. The van der Waals surface area contributed by atoms with E-state index in [0.29, 0.717) is 0 Å². The quantitative estimate of drug-likeness (QED) is 0.749.